The lowest BCUT2D eigenvalue weighted by Gasteiger charge is -2.13. The summed E-state index contributed by atoms with van der Waals surface area (Å²) in [6, 6.07) is 0. The first-order valence-electron chi connectivity index (χ1n) is 7.74. The molecule has 0 saturated heterocycles. The molecule has 1 aromatic carbocycles. The molecule has 0 unspecified atom stereocenters. The van der Waals surface area contributed by atoms with Crippen molar-refractivity contribution in [2.24, 2.45) is 11.8 Å². The van der Waals surface area contributed by atoms with Crippen LogP contribution >= 0.6 is 0 Å². The van der Waals surface area contributed by atoms with E-state index in [1.165, 1.54) is 0 Å². The lowest BCUT2D eigenvalue weighted by Crippen LogP contribution is -2.09. The van der Waals surface area contributed by atoms with Gasteiger partial charge in [-0.15, -0.1) is 0 Å². The van der Waals surface area contributed by atoms with Crippen LogP contribution in [0.15, 0.2) is 0 Å². The second-order valence-electron chi connectivity index (χ2n) is 6.30. The molecule has 0 aromatic heterocycles. The molecule has 2 atom stereocenters. The second-order valence-corrected chi connectivity index (χ2v) is 6.30. The zero-order valence-corrected chi connectivity index (χ0v) is 12.8. The Bertz CT molecular complexity index is 569. The fraction of sp³-hybridized carbons (Fsp3) is 0.556. The summed E-state index contributed by atoms with van der Waals surface area (Å²) in [5, 5.41) is 0. The van der Waals surface area contributed by atoms with Crippen LogP contribution in [-0.4, -0.2) is 11.6 Å². The molecule has 0 spiro atoms. The maximum absolute atomic E-state index is 12.5. The van der Waals surface area contributed by atoms with Crippen molar-refractivity contribution in [3.05, 3.63) is 33.4 Å². The summed E-state index contributed by atoms with van der Waals surface area (Å²) in [7, 11) is 0. The van der Waals surface area contributed by atoms with Crippen molar-refractivity contribution in [2.45, 2.75) is 53.4 Å². The molecule has 0 saturated carbocycles. The van der Waals surface area contributed by atoms with Crippen molar-refractivity contribution >= 4 is 11.6 Å². The van der Waals surface area contributed by atoms with Gasteiger partial charge in [0.1, 0.15) is 0 Å². The third-order valence-electron chi connectivity index (χ3n) is 5.38. The average molecular weight is 270 g/mol. The molecule has 106 valence electrons. The van der Waals surface area contributed by atoms with Gasteiger partial charge in [-0.3, -0.25) is 9.59 Å². The van der Waals surface area contributed by atoms with Gasteiger partial charge in [0.15, 0.2) is 11.6 Å². The fourth-order valence-corrected chi connectivity index (χ4v) is 4.05. The molecule has 0 bridgehead atoms. The number of Topliss-reactive ketones (excluding diaryl/α,β-unsaturated/α-hetero) is 2. The molecule has 20 heavy (non-hydrogen) atoms. The van der Waals surface area contributed by atoms with E-state index in [2.05, 4.69) is 13.8 Å². The molecule has 0 amide bonds. The number of fused-ring (bicyclic) bond motifs is 2. The van der Waals surface area contributed by atoms with Crippen LogP contribution in [0.1, 0.15) is 69.7 Å². The quantitative estimate of drug-likeness (QED) is 0.818. The molecule has 1 aromatic rings. The molecule has 3 rings (SSSR count). The summed E-state index contributed by atoms with van der Waals surface area (Å²) >= 11 is 0. The van der Waals surface area contributed by atoms with Gasteiger partial charge < -0.3 is 0 Å². The van der Waals surface area contributed by atoms with Gasteiger partial charge in [-0.25, -0.2) is 0 Å². The Labute approximate surface area is 120 Å². The second kappa shape index (κ2) is 4.54. The van der Waals surface area contributed by atoms with E-state index in [1.807, 2.05) is 13.8 Å². The highest BCUT2D eigenvalue weighted by Gasteiger charge is 2.39. The maximum Gasteiger partial charge on any atom is 0.166 e. The third kappa shape index (κ3) is 1.57. The fourth-order valence-electron chi connectivity index (χ4n) is 4.05. The summed E-state index contributed by atoms with van der Waals surface area (Å²) < 4.78 is 0. The molecule has 2 aliphatic rings. The number of carbonyl (C=O) groups is 2. The molecular formula is C18H22O2. The van der Waals surface area contributed by atoms with Crippen molar-refractivity contribution in [3.8, 4) is 0 Å². The lowest BCUT2D eigenvalue weighted by atomic mass is 9.90. The van der Waals surface area contributed by atoms with Crippen molar-refractivity contribution < 1.29 is 9.59 Å². The van der Waals surface area contributed by atoms with E-state index in [1.54, 1.807) is 0 Å². The van der Waals surface area contributed by atoms with Crippen LogP contribution in [0.5, 0.6) is 0 Å². The topological polar surface area (TPSA) is 34.1 Å². The standard InChI is InChI=1S/C18H22O2/c1-5-11-7-13-9(3)16-14(8-12(6-2)18(16)20)10(4)15(13)17(11)19/h11-12H,5-8H2,1-4H3/t11-,12+. The predicted octanol–water partition coefficient (Wildman–Crippen LogP) is 3.83. The van der Waals surface area contributed by atoms with Crippen LogP contribution in [0.2, 0.25) is 0 Å². The van der Waals surface area contributed by atoms with E-state index in [9.17, 15) is 9.59 Å². The molecule has 0 aliphatic heterocycles. The first-order valence-corrected chi connectivity index (χ1v) is 7.74. The number of hydrogen-bond donors (Lipinski definition) is 0. The summed E-state index contributed by atoms with van der Waals surface area (Å²) in [6.07, 6.45) is 3.44. The van der Waals surface area contributed by atoms with Crippen molar-refractivity contribution in [1.29, 1.82) is 0 Å². The van der Waals surface area contributed by atoms with Gasteiger partial charge in [0.2, 0.25) is 0 Å². The zero-order valence-electron chi connectivity index (χ0n) is 12.8. The highest BCUT2D eigenvalue weighted by Crippen LogP contribution is 2.42. The number of ketones is 2. The van der Waals surface area contributed by atoms with Crippen LogP contribution in [0, 0.1) is 25.7 Å². The van der Waals surface area contributed by atoms with Gasteiger partial charge in [0.05, 0.1) is 0 Å². The Morgan fingerprint density at radius 3 is 1.45 bits per heavy atom. The van der Waals surface area contributed by atoms with E-state index in [4.69, 9.17) is 0 Å². The van der Waals surface area contributed by atoms with E-state index in [0.29, 0.717) is 11.6 Å². The Balaban J connectivity index is 2.23. The number of hydrogen-bond acceptors (Lipinski definition) is 2. The maximum atomic E-state index is 12.5. The molecule has 0 fully saturated rings. The Hall–Kier alpha value is -1.44. The predicted molar refractivity (Wildman–Crippen MR) is 79.5 cm³/mol. The van der Waals surface area contributed by atoms with Crippen LogP contribution in [0.4, 0.5) is 0 Å². The Kier molecular flexibility index (Phi) is 3.07. The molecule has 0 N–H and O–H groups in total. The largest absolute Gasteiger partial charge is 0.294 e. The van der Waals surface area contributed by atoms with Gasteiger partial charge in [-0.1, -0.05) is 13.8 Å². The van der Waals surface area contributed by atoms with Gasteiger partial charge in [0.25, 0.3) is 0 Å². The van der Waals surface area contributed by atoms with E-state index in [0.717, 1.165) is 59.1 Å². The monoisotopic (exact) mass is 270 g/mol. The number of benzene rings is 1. The average Bonchev–Trinajstić information content (AvgIpc) is 2.94. The molecule has 0 radical (unpaired) electrons. The summed E-state index contributed by atoms with van der Waals surface area (Å²) in [4.78, 5) is 25.1. The van der Waals surface area contributed by atoms with Gasteiger partial charge >= 0.3 is 0 Å². The van der Waals surface area contributed by atoms with Crippen molar-refractivity contribution in [2.75, 3.05) is 0 Å². The first kappa shape index (κ1) is 13.5. The van der Waals surface area contributed by atoms with Crippen LogP contribution in [-0.2, 0) is 12.8 Å². The van der Waals surface area contributed by atoms with E-state index < -0.39 is 0 Å². The summed E-state index contributed by atoms with van der Waals surface area (Å²) in [6.45, 7) is 8.23. The third-order valence-corrected chi connectivity index (χ3v) is 5.38. The van der Waals surface area contributed by atoms with E-state index in [-0.39, 0.29) is 11.8 Å². The first-order chi connectivity index (χ1) is 9.51. The van der Waals surface area contributed by atoms with Crippen LogP contribution in [0.25, 0.3) is 0 Å². The van der Waals surface area contributed by atoms with Gasteiger partial charge in [-0.2, -0.15) is 0 Å². The summed E-state index contributed by atoms with van der Waals surface area (Å²) in [5.74, 6) is 0.862. The smallest absolute Gasteiger partial charge is 0.166 e. The van der Waals surface area contributed by atoms with Crippen LogP contribution in [0.3, 0.4) is 0 Å². The van der Waals surface area contributed by atoms with Crippen LogP contribution < -0.4 is 0 Å². The number of carbonyl (C=O) groups excluding carboxylic acids is 2. The van der Waals surface area contributed by atoms with Crippen molar-refractivity contribution in [1.82, 2.24) is 0 Å². The molecule has 2 aliphatic carbocycles. The highest BCUT2D eigenvalue weighted by molar-refractivity contribution is 6.09. The summed E-state index contributed by atoms with van der Waals surface area (Å²) in [5.41, 5.74) is 6.37. The lowest BCUT2D eigenvalue weighted by molar-refractivity contribution is 0.0926. The van der Waals surface area contributed by atoms with Crippen molar-refractivity contribution in [3.63, 3.8) is 0 Å². The zero-order chi connectivity index (χ0) is 14.6. The minimum Gasteiger partial charge on any atom is -0.294 e. The molecule has 2 nitrogen and oxygen atoms in total. The highest BCUT2D eigenvalue weighted by atomic mass is 16.1. The molecular weight excluding hydrogens is 248 g/mol. The minimum absolute atomic E-state index is 0.127. The van der Waals surface area contributed by atoms with Gasteiger partial charge in [-0.05, 0) is 61.8 Å². The van der Waals surface area contributed by atoms with Gasteiger partial charge in [0, 0.05) is 23.0 Å². The number of rotatable bonds is 2. The molecule has 2 heteroatoms. The Morgan fingerprint density at radius 2 is 1.15 bits per heavy atom. The minimum atomic E-state index is 0.127. The SMILES string of the molecule is CC[C@@H]1Cc2c(C)c3c(c(C)c2C1=O)C[C@H](CC)C3=O. The van der Waals surface area contributed by atoms with E-state index >= 15 is 0 Å². The molecule has 0 heterocycles. The normalized spacial score (nSPS) is 24.2. The Morgan fingerprint density at radius 1 is 0.800 bits per heavy atom.